The van der Waals surface area contributed by atoms with Gasteiger partial charge in [-0.3, -0.25) is 0 Å². The van der Waals surface area contributed by atoms with E-state index in [0.717, 1.165) is 49.5 Å². The van der Waals surface area contributed by atoms with Crippen LogP contribution in [0.15, 0.2) is 54.0 Å². The molecule has 5 nitrogen and oxygen atoms in total. The van der Waals surface area contributed by atoms with Gasteiger partial charge < -0.3 is 20.9 Å². The van der Waals surface area contributed by atoms with Crippen molar-refractivity contribution in [2.45, 2.75) is 0 Å². The molecule has 128 valence electrons. The van der Waals surface area contributed by atoms with E-state index in [0.29, 0.717) is 5.82 Å². The summed E-state index contributed by atoms with van der Waals surface area (Å²) in [6.07, 6.45) is 1.82. The van der Waals surface area contributed by atoms with Crippen LogP contribution in [0.25, 0.3) is 32.3 Å². The van der Waals surface area contributed by atoms with E-state index >= 15 is 0 Å². The highest BCUT2D eigenvalue weighted by Gasteiger charge is 2.18. The molecule has 1 aliphatic heterocycles. The molecule has 0 aliphatic carbocycles. The third-order valence-corrected chi connectivity index (χ3v) is 5.54. The van der Waals surface area contributed by atoms with Crippen LogP contribution in [0.2, 0.25) is 0 Å². The van der Waals surface area contributed by atoms with Crippen molar-refractivity contribution < 1.29 is 9.47 Å². The van der Waals surface area contributed by atoms with Crippen molar-refractivity contribution in [3.8, 4) is 33.8 Å². The Hall–Kier alpha value is -3.25. The standard InChI is InChI=1S/C20H15N3O2S/c21-13-4-1-11(2-5-13)15-9-26-19-14(8-23-20(22)18(15)19)12-3-6-16-17(7-12)25-10-24-16/h1-9H,10,21H2,(H2,22,23). The van der Waals surface area contributed by atoms with E-state index in [4.69, 9.17) is 20.9 Å². The van der Waals surface area contributed by atoms with E-state index < -0.39 is 0 Å². The minimum atomic E-state index is 0.258. The molecule has 3 heterocycles. The number of hydrogen-bond donors (Lipinski definition) is 2. The van der Waals surface area contributed by atoms with Crippen molar-refractivity contribution in [2.24, 2.45) is 0 Å². The maximum Gasteiger partial charge on any atom is 0.231 e. The van der Waals surface area contributed by atoms with E-state index in [9.17, 15) is 0 Å². The van der Waals surface area contributed by atoms with Gasteiger partial charge in [-0.1, -0.05) is 18.2 Å². The first-order chi connectivity index (χ1) is 12.7. The molecule has 5 rings (SSSR count). The number of fused-ring (bicyclic) bond motifs is 2. The Morgan fingerprint density at radius 1 is 0.885 bits per heavy atom. The molecular formula is C20H15N3O2S. The fourth-order valence-electron chi connectivity index (χ4n) is 3.21. The van der Waals surface area contributed by atoms with Gasteiger partial charge in [0.05, 0.1) is 0 Å². The number of pyridine rings is 1. The number of anilines is 2. The van der Waals surface area contributed by atoms with Gasteiger partial charge in [0.25, 0.3) is 0 Å². The summed E-state index contributed by atoms with van der Waals surface area (Å²) in [5, 5.41) is 3.08. The Balaban J connectivity index is 1.71. The molecule has 0 spiro atoms. The fraction of sp³-hybridized carbons (Fsp3) is 0.0500. The molecule has 0 saturated carbocycles. The second kappa shape index (κ2) is 5.64. The first kappa shape index (κ1) is 15.0. The van der Waals surface area contributed by atoms with Gasteiger partial charge in [0.1, 0.15) is 5.82 Å². The number of rotatable bonds is 2. The van der Waals surface area contributed by atoms with Crippen molar-refractivity contribution in [1.29, 1.82) is 0 Å². The zero-order valence-corrected chi connectivity index (χ0v) is 14.5. The molecule has 4 aromatic rings. The molecule has 1 aliphatic rings. The highest BCUT2D eigenvalue weighted by atomic mass is 32.1. The monoisotopic (exact) mass is 361 g/mol. The van der Waals surface area contributed by atoms with Gasteiger partial charge in [0, 0.05) is 33.1 Å². The van der Waals surface area contributed by atoms with E-state index in [-0.39, 0.29) is 6.79 Å². The number of aromatic nitrogens is 1. The highest BCUT2D eigenvalue weighted by molar-refractivity contribution is 7.18. The molecule has 6 heteroatoms. The van der Waals surface area contributed by atoms with Crippen LogP contribution < -0.4 is 20.9 Å². The van der Waals surface area contributed by atoms with Gasteiger partial charge in [0.15, 0.2) is 11.5 Å². The molecule has 26 heavy (non-hydrogen) atoms. The molecule has 0 bridgehead atoms. The van der Waals surface area contributed by atoms with Crippen LogP contribution in [0, 0.1) is 0 Å². The Labute approximate surface area is 153 Å². The van der Waals surface area contributed by atoms with Crippen LogP contribution in [0.1, 0.15) is 0 Å². The lowest BCUT2D eigenvalue weighted by atomic mass is 10.0. The van der Waals surface area contributed by atoms with Gasteiger partial charge >= 0.3 is 0 Å². The topological polar surface area (TPSA) is 83.4 Å². The summed E-state index contributed by atoms with van der Waals surface area (Å²) in [5.74, 6) is 2.04. The lowest BCUT2D eigenvalue weighted by molar-refractivity contribution is 0.174. The van der Waals surface area contributed by atoms with Crippen LogP contribution in [0.4, 0.5) is 11.5 Å². The Bertz CT molecular complexity index is 1140. The minimum absolute atomic E-state index is 0.258. The quantitative estimate of drug-likeness (QED) is 0.513. The average Bonchev–Trinajstić information content (AvgIpc) is 3.29. The fourth-order valence-corrected chi connectivity index (χ4v) is 4.33. The Morgan fingerprint density at radius 2 is 1.65 bits per heavy atom. The second-order valence-corrected chi connectivity index (χ2v) is 6.98. The molecule has 2 aromatic carbocycles. The highest BCUT2D eigenvalue weighted by Crippen LogP contribution is 2.43. The van der Waals surface area contributed by atoms with E-state index in [2.05, 4.69) is 10.4 Å². The van der Waals surface area contributed by atoms with Gasteiger partial charge in [-0.2, -0.15) is 0 Å². The first-order valence-corrected chi connectivity index (χ1v) is 9.00. The zero-order valence-electron chi connectivity index (χ0n) is 13.7. The maximum absolute atomic E-state index is 6.23. The summed E-state index contributed by atoms with van der Waals surface area (Å²) >= 11 is 1.66. The van der Waals surface area contributed by atoms with Gasteiger partial charge in [0.2, 0.25) is 6.79 Å². The zero-order chi connectivity index (χ0) is 17.7. The molecule has 0 unspecified atom stereocenters. The second-order valence-electron chi connectivity index (χ2n) is 6.10. The lowest BCUT2D eigenvalue weighted by Crippen LogP contribution is -1.93. The normalized spacial score (nSPS) is 12.6. The van der Waals surface area contributed by atoms with Crippen molar-refractivity contribution in [1.82, 2.24) is 4.98 Å². The summed E-state index contributed by atoms with van der Waals surface area (Å²) in [4.78, 5) is 4.44. The number of hydrogen-bond acceptors (Lipinski definition) is 6. The van der Waals surface area contributed by atoms with Crippen LogP contribution in [-0.4, -0.2) is 11.8 Å². The van der Waals surface area contributed by atoms with Crippen LogP contribution in [0.3, 0.4) is 0 Å². The van der Waals surface area contributed by atoms with Gasteiger partial charge in [-0.05, 0) is 40.8 Å². The number of nitrogens with zero attached hydrogens (tertiary/aromatic N) is 1. The number of benzene rings is 2. The molecule has 0 saturated heterocycles. The third-order valence-electron chi connectivity index (χ3n) is 4.53. The van der Waals surface area contributed by atoms with Crippen LogP contribution in [-0.2, 0) is 0 Å². The van der Waals surface area contributed by atoms with Crippen molar-refractivity contribution in [3.05, 3.63) is 54.0 Å². The molecule has 4 N–H and O–H groups in total. The van der Waals surface area contributed by atoms with Crippen LogP contribution in [0.5, 0.6) is 11.5 Å². The number of nitrogen functional groups attached to an aromatic ring is 2. The number of nitrogens with two attached hydrogens (primary N) is 2. The minimum Gasteiger partial charge on any atom is -0.454 e. The summed E-state index contributed by atoms with van der Waals surface area (Å²) in [7, 11) is 0. The van der Waals surface area contributed by atoms with Crippen molar-refractivity contribution in [3.63, 3.8) is 0 Å². The molecule has 0 radical (unpaired) electrons. The van der Waals surface area contributed by atoms with Crippen LogP contribution >= 0.6 is 11.3 Å². The predicted octanol–water partition coefficient (Wildman–Crippen LogP) is 4.52. The van der Waals surface area contributed by atoms with Gasteiger partial charge in [-0.15, -0.1) is 11.3 Å². The summed E-state index contributed by atoms with van der Waals surface area (Å²) in [6, 6.07) is 13.7. The van der Waals surface area contributed by atoms with Crippen molar-refractivity contribution >= 4 is 32.9 Å². The third kappa shape index (κ3) is 2.27. The Kier molecular flexibility index (Phi) is 3.26. The van der Waals surface area contributed by atoms with E-state index in [1.807, 2.05) is 48.7 Å². The summed E-state index contributed by atoms with van der Waals surface area (Å²) in [5.41, 5.74) is 17.0. The Morgan fingerprint density at radius 3 is 2.50 bits per heavy atom. The predicted molar refractivity (Wildman–Crippen MR) is 105 cm³/mol. The molecule has 2 aromatic heterocycles. The van der Waals surface area contributed by atoms with Gasteiger partial charge in [-0.25, -0.2) is 4.98 Å². The molecule has 0 amide bonds. The molecular weight excluding hydrogens is 346 g/mol. The van der Waals surface area contributed by atoms with E-state index in [1.54, 1.807) is 11.3 Å². The average molecular weight is 361 g/mol. The first-order valence-electron chi connectivity index (χ1n) is 8.12. The molecule has 0 atom stereocenters. The van der Waals surface area contributed by atoms with E-state index in [1.165, 1.54) is 0 Å². The SMILES string of the molecule is Nc1ccc(-c2csc3c(-c4ccc5c(c4)OCO5)cnc(N)c23)cc1. The smallest absolute Gasteiger partial charge is 0.231 e. The summed E-state index contributed by atoms with van der Waals surface area (Å²) < 4.78 is 12.0. The summed E-state index contributed by atoms with van der Waals surface area (Å²) in [6.45, 7) is 0.258. The number of ether oxygens (including phenoxy) is 2. The largest absolute Gasteiger partial charge is 0.454 e. The van der Waals surface area contributed by atoms with Crippen molar-refractivity contribution in [2.75, 3.05) is 18.3 Å². The molecule has 0 fully saturated rings. The maximum atomic E-state index is 6.23. The lowest BCUT2D eigenvalue weighted by Gasteiger charge is -2.08. The number of thiophene rings is 1.